The number of esters is 2. The first-order valence-electron chi connectivity index (χ1n) is 27.6. The summed E-state index contributed by atoms with van der Waals surface area (Å²) in [4.78, 5) is 41.6. The Labute approximate surface area is 416 Å². The number of ether oxygens (including phenoxy) is 6. The summed E-state index contributed by atoms with van der Waals surface area (Å²) in [6.45, 7) is 18.5. The zero-order valence-electron chi connectivity index (χ0n) is 44.6. The van der Waals surface area contributed by atoms with Crippen LogP contribution in [-0.2, 0) is 38.0 Å². The van der Waals surface area contributed by atoms with Gasteiger partial charge in [-0.3, -0.25) is 9.59 Å². The molecule has 1 heterocycles. The van der Waals surface area contributed by atoms with Gasteiger partial charge in [0.1, 0.15) is 25.9 Å². The summed E-state index contributed by atoms with van der Waals surface area (Å²) >= 11 is 0. The number of hydrogen-bond acceptors (Lipinski definition) is 10. The Hall–Kier alpha value is -2.95. The minimum absolute atomic E-state index is 0.0208. The van der Waals surface area contributed by atoms with Crippen molar-refractivity contribution in [2.45, 2.75) is 240 Å². The molecule has 1 aliphatic carbocycles. The number of rotatable bonds is 39. The van der Waals surface area contributed by atoms with Gasteiger partial charge in [0.15, 0.2) is 6.29 Å². The molecule has 2 fully saturated rings. The third-order valence-electron chi connectivity index (χ3n) is 13.4. The molecule has 0 aromatic heterocycles. The number of carbonyl (C=O) groups is 3. The highest BCUT2D eigenvalue weighted by molar-refractivity contribution is 5.69. The third-order valence-corrected chi connectivity index (χ3v) is 13.4. The maximum atomic E-state index is 13.2. The van der Waals surface area contributed by atoms with Crippen LogP contribution < -0.4 is 0 Å². The van der Waals surface area contributed by atoms with Crippen LogP contribution in [0.5, 0.6) is 0 Å². The Kier molecular flexibility index (Phi) is 36.7. The van der Waals surface area contributed by atoms with E-state index in [-0.39, 0.29) is 38.3 Å². The molecule has 0 radical (unpaired) electrons. The Bertz CT molecular complexity index is 1370. The second-order valence-corrected chi connectivity index (χ2v) is 20.6. The Morgan fingerprint density at radius 1 is 0.574 bits per heavy atom. The monoisotopic (exact) mass is 956 g/mol. The third kappa shape index (κ3) is 34.4. The van der Waals surface area contributed by atoms with E-state index in [1.54, 1.807) is 0 Å². The van der Waals surface area contributed by atoms with Gasteiger partial charge in [0.25, 0.3) is 0 Å². The molecule has 10 nitrogen and oxygen atoms in total. The molecule has 68 heavy (non-hydrogen) atoms. The van der Waals surface area contributed by atoms with Gasteiger partial charge in [0, 0.05) is 32.1 Å². The van der Waals surface area contributed by atoms with E-state index in [0.717, 1.165) is 109 Å². The Balaban J connectivity index is 1.86. The van der Waals surface area contributed by atoms with Crippen molar-refractivity contribution in [1.82, 2.24) is 4.90 Å². The van der Waals surface area contributed by atoms with Gasteiger partial charge in [-0.05, 0) is 168 Å². The lowest BCUT2D eigenvalue weighted by Gasteiger charge is -2.38. The minimum atomic E-state index is -0.728. The summed E-state index contributed by atoms with van der Waals surface area (Å²) < 4.78 is 35.2. The number of likely N-dealkylation sites (tertiary alicyclic amines) is 1. The highest BCUT2D eigenvalue weighted by atomic mass is 16.7. The molecule has 392 valence electrons. The van der Waals surface area contributed by atoms with Gasteiger partial charge in [-0.25, -0.2) is 4.79 Å². The van der Waals surface area contributed by atoms with Crippen molar-refractivity contribution in [3.05, 3.63) is 47.6 Å². The number of unbranched alkanes of at least 4 members (excludes halogenated alkanes) is 8. The Morgan fingerprint density at radius 3 is 1.68 bits per heavy atom. The predicted molar refractivity (Wildman–Crippen MR) is 278 cm³/mol. The smallest absolute Gasteiger partial charge is 0.465 e. The molecule has 0 spiro atoms. The number of piperidine rings is 1. The number of hydrogen-bond donors (Lipinski definition) is 0. The largest absolute Gasteiger partial charge is 0.508 e. The molecule has 0 aromatic rings. The maximum Gasteiger partial charge on any atom is 0.508 e. The average molecular weight is 956 g/mol. The lowest BCUT2D eigenvalue weighted by Crippen LogP contribution is -2.42. The van der Waals surface area contributed by atoms with Gasteiger partial charge in [-0.1, -0.05) is 107 Å². The van der Waals surface area contributed by atoms with Crippen molar-refractivity contribution in [3.8, 4) is 0 Å². The van der Waals surface area contributed by atoms with E-state index in [2.05, 4.69) is 89.8 Å². The fraction of sp³-hybridized carbons (Fsp3) is 0.810. The molecule has 1 saturated heterocycles. The molecule has 1 aliphatic heterocycles. The van der Waals surface area contributed by atoms with Gasteiger partial charge in [-0.15, -0.1) is 0 Å². The molecular weight excluding hydrogens is 855 g/mol. The molecular formula is C58H101NO9. The molecule has 0 bridgehead atoms. The van der Waals surface area contributed by atoms with E-state index in [9.17, 15) is 14.4 Å². The molecule has 2 aliphatic rings. The van der Waals surface area contributed by atoms with Crippen LogP contribution in [0, 0.1) is 17.8 Å². The van der Waals surface area contributed by atoms with Gasteiger partial charge >= 0.3 is 18.1 Å². The minimum Gasteiger partial charge on any atom is -0.465 e. The standard InChI is InChI=1S/C58H101NO9/c1-8-9-10-11-12-13-14-15-16-17-18-19-20-21-23-32-55(60)65-45-52(47-67-58(62)68-54-35-33-53(34-36-54)59-41-24-22-25-42-59)46-66-56(61)37-38-57(63-43-39-50(6)30-26-28-48(2)3)64-44-40-51(7)31-27-29-49(4)5/h12-13,15-16,28-29,50-54,57H,8-11,14,17-27,30-47H2,1-7H3/b13-12-,16-15-. The van der Waals surface area contributed by atoms with Crippen LogP contribution in [0.4, 0.5) is 4.79 Å². The zero-order chi connectivity index (χ0) is 49.5. The SMILES string of the molecule is CCCCC/C=C\C/C=C\CCCCCCCC(=O)OCC(COC(=O)CCC(OCCC(C)CCC=C(C)C)OCCC(C)CCC=C(C)C)COC(=O)OC1CCC(N2CCCCC2)CC1. The van der Waals surface area contributed by atoms with Crippen molar-refractivity contribution < 1.29 is 42.8 Å². The molecule has 0 aromatic carbocycles. The van der Waals surface area contributed by atoms with E-state index in [1.807, 2.05) is 0 Å². The highest BCUT2D eigenvalue weighted by Crippen LogP contribution is 2.28. The van der Waals surface area contributed by atoms with Crippen LogP contribution in [0.25, 0.3) is 0 Å². The van der Waals surface area contributed by atoms with Crippen LogP contribution in [0.15, 0.2) is 47.6 Å². The number of carbonyl (C=O) groups excluding carboxylic acids is 3. The van der Waals surface area contributed by atoms with Crippen LogP contribution in [0.1, 0.15) is 222 Å². The number of nitrogens with zero attached hydrogens (tertiary/aromatic N) is 1. The summed E-state index contributed by atoms with van der Waals surface area (Å²) in [5.41, 5.74) is 2.68. The van der Waals surface area contributed by atoms with E-state index >= 15 is 0 Å². The van der Waals surface area contributed by atoms with Crippen LogP contribution >= 0.6 is 0 Å². The molecule has 3 atom stereocenters. The summed E-state index contributed by atoms with van der Waals surface area (Å²) in [7, 11) is 0. The topological polar surface area (TPSA) is 110 Å². The molecule has 2 rings (SSSR count). The lowest BCUT2D eigenvalue weighted by molar-refractivity contribution is -0.162. The summed E-state index contributed by atoms with van der Waals surface area (Å²) in [5, 5.41) is 0. The second-order valence-electron chi connectivity index (χ2n) is 20.6. The van der Waals surface area contributed by atoms with E-state index in [0.29, 0.717) is 43.9 Å². The van der Waals surface area contributed by atoms with Gasteiger partial charge in [0.05, 0.1) is 12.3 Å². The van der Waals surface area contributed by atoms with Crippen molar-refractivity contribution in [2.24, 2.45) is 17.8 Å². The maximum absolute atomic E-state index is 13.2. The van der Waals surface area contributed by atoms with Crippen molar-refractivity contribution in [2.75, 3.05) is 46.1 Å². The van der Waals surface area contributed by atoms with Crippen LogP contribution in [-0.4, -0.2) is 87.6 Å². The summed E-state index contributed by atoms with van der Waals surface area (Å²) in [5.74, 6) is -0.205. The van der Waals surface area contributed by atoms with E-state index in [1.165, 1.54) is 69.2 Å². The van der Waals surface area contributed by atoms with Gasteiger partial charge in [0.2, 0.25) is 0 Å². The molecule has 10 heteroatoms. The van der Waals surface area contributed by atoms with Gasteiger partial charge < -0.3 is 33.3 Å². The number of allylic oxidation sites excluding steroid dienone is 8. The molecule has 1 saturated carbocycles. The summed E-state index contributed by atoms with van der Waals surface area (Å²) in [6, 6.07) is 0.566. The fourth-order valence-electron chi connectivity index (χ4n) is 8.81. The fourth-order valence-corrected chi connectivity index (χ4v) is 8.81. The average Bonchev–Trinajstić information content (AvgIpc) is 3.31. The molecule has 0 amide bonds. The van der Waals surface area contributed by atoms with Crippen molar-refractivity contribution in [1.29, 1.82) is 0 Å². The van der Waals surface area contributed by atoms with Crippen molar-refractivity contribution >= 4 is 18.1 Å². The first-order valence-corrected chi connectivity index (χ1v) is 27.6. The molecule has 0 N–H and O–H groups in total. The van der Waals surface area contributed by atoms with Crippen LogP contribution in [0.2, 0.25) is 0 Å². The van der Waals surface area contributed by atoms with E-state index in [4.69, 9.17) is 28.4 Å². The van der Waals surface area contributed by atoms with Crippen LogP contribution in [0.3, 0.4) is 0 Å². The van der Waals surface area contributed by atoms with Crippen molar-refractivity contribution in [3.63, 3.8) is 0 Å². The van der Waals surface area contributed by atoms with Gasteiger partial charge in [-0.2, -0.15) is 0 Å². The lowest BCUT2D eigenvalue weighted by atomic mass is 9.90. The highest BCUT2D eigenvalue weighted by Gasteiger charge is 2.29. The predicted octanol–water partition coefficient (Wildman–Crippen LogP) is 15.1. The quantitative estimate of drug-likeness (QED) is 0.0194. The second kappa shape index (κ2) is 40.7. The molecule has 3 unspecified atom stereocenters. The van der Waals surface area contributed by atoms with E-state index < -0.39 is 24.3 Å². The first-order chi connectivity index (χ1) is 32.9. The summed E-state index contributed by atoms with van der Waals surface area (Å²) in [6.07, 6.45) is 38.9. The first kappa shape index (κ1) is 61.2. The normalized spacial score (nSPS) is 18.5. The zero-order valence-corrected chi connectivity index (χ0v) is 44.6. The Morgan fingerprint density at radius 2 is 1.10 bits per heavy atom.